The Kier molecular flexibility index (Phi) is 4.29. The van der Waals surface area contributed by atoms with Crippen LogP contribution in [-0.4, -0.2) is 10.8 Å². The van der Waals surface area contributed by atoms with Gasteiger partial charge in [0.15, 0.2) is 0 Å². The smallest absolute Gasteiger partial charge is 0.134 e. The van der Waals surface area contributed by atoms with Crippen LogP contribution in [0.25, 0.3) is 0 Å². The lowest BCUT2D eigenvalue weighted by atomic mass is 10.1. The van der Waals surface area contributed by atoms with Crippen molar-refractivity contribution < 1.29 is 9.53 Å². The third-order valence-corrected chi connectivity index (χ3v) is 2.71. The maximum Gasteiger partial charge on any atom is 0.134 e. The molecule has 1 aromatic carbocycles. The Morgan fingerprint density at radius 2 is 1.89 bits per heavy atom. The maximum absolute atomic E-state index is 11.0. The number of carbonyl (C=O) groups is 1. The van der Waals surface area contributed by atoms with E-state index in [1.165, 1.54) is 0 Å². The average Bonchev–Trinajstić information content (AvgIpc) is 2.37. The van der Waals surface area contributed by atoms with Crippen LogP contribution in [-0.2, 0) is 17.8 Å². The predicted octanol–water partition coefficient (Wildman–Crippen LogP) is 3.10. The molecule has 0 radical (unpaired) electrons. The molecule has 0 N–H and O–H groups in total. The number of Topliss-reactive ketones (excluding diaryl/α,β-unsaturated/α-hetero) is 1. The van der Waals surface area contributed by atoms with Crippen LogP contribution in [0.2, 0.25) is 0 Å². The van der Waals surface area contributed by atoms with Crippen molar-refractivity contribution in [2.45, 2.75) is 26.9 Å². The van der Waals surface area contributed by atoms with Gasteiger partial charge in [0.05, 0.1) is 0 Å². The van der Waals surface area contributed by atoms with E-state index in [2.05, 4.69) is 11.1 Å². The molecule has 98 valence electrons. The third kappa shape index (κ3) is 4.21. The molecule has 0 unspecified atom stereocenters. The van der Waals surface area contributed by atoms with Crippen molar-refractivity contribution in [3.63, 3.8) is 0 Å². The van der Waals surface area contributed by atoms with Gasteiger partial charge in [0, 0.05) is 24.4 Å². The van der Waals surface area contributed by atoms with Gasteiger partial charge >= 0.3 is 0 Å². The van der Waals surface area contributed by atoms with Gasteiger partial charge in [-0.05, 0) is 43.2 Å². The molecule has 0 amide bonds. The highest BCUT2D eigenvalue weighted by Crippen LogP contribution is 2.14. The Balaban J connectivity index is 1.94. The first-order chi connectivity index (χ1) is 9.13. The quantitative estimate of drug-likeness (QED) is 0.824. The Hall–Kier alpha value is -2.16. The first-order valence-electron chi connectivity index (χ1n) is 6.25. The molecule has 19 heavy (non-hydrogen) atoms. The van der Waals surface area contributed by atoms with E-state index in [0.29, 0.717) is 13.0 Å². The summed E-state index contributed by atoms with van der Waals surface area (Å²) < 4.78 is 5.68. The van der Waals surface area contributed by atoms with E-state index in [1.807, 2.05) is 37.4 Å². The van der Waals surface area contributed by atoms with Gasteiger partial charge in [-0.25, -0.2) is 0 Å². The molecule has 2 aromatic rings. The highest BCUT2D eigenvalue weighted by molar-refractivity contribution is 5.78. The van der Waals surface area contributed by atoms with Gasteiger partial charge in [-0.1, -0.05) is 12.1 Å². The van der Waals surface area contributed by atoms with Crippen LogP contribution < -0.4 is 4.74 Å². The van der Waals surface area contributed by atoms with Crippen molar-refractivity contribution in [1.82, 2.24) is 4.98 Å². The zero-order valence-electron chi connectivity index (χ0n) is 11.2. The number of rotatable bonds is 5. The number of hydrogen-bond acceptors (Lipinski definition) is 3. The van der Waals surface area contributed by atoms with Crippen molar-refractivity contribution >= 4 is 5.78 Å². The Morgan fingerprint density at radius 1 is 1.16 bits per heavy atom. The van der Waals surface area contributed by atoms with Crippen molar-refractivity contribution in [1.29, 1.82) is 0 Å². The largest absolute Gasteiger partial charge is 0.489 e. The molecule has 3 heteroatoms. The van der Waals surface area contributed by atoms with Crippen LogP contribution in [0.4, 0.5) is 0 Å². The molecule has 0 aliphatic carbocycles. The lowest BCUT2D eigenvalue weighted by Crippen LogP contribution is -1.98. The molecule has 0 bridgehead atoms. The summed E-state index contributed by atoms with van der Waals surface area (Å²) in [6.45, 7) is 4.10. The predicted molar refractivity (Wildman–Crippen MR) is 74.1 cm³/mol. The van der Waals surface area contributed by atoms with Crippen molar-refractivity contribution in [3.05, 3.63) is 59.4 Å². The standard InChI is InChI=1S/C16H17NO2/c1-12-7-15(10-17-9-12)11-19-16-5-3-14(4-6-16)8-13(2)18/h3-7,9-10H,8,11H2,1-2H3. The van der Waals surface area contributed by atoms with Crippen LogP contribution in [0.15, 0.2) is 42.7 Å². The van der Waals surface area contributed by atoms with E-state index in [-0.39, 0.29) is 5.78 Å². The van der Waals surface area contributed by atoms with E-state index in [9.17, 15) is 4.79 Å². The number of ether oxygens (including phenoxy) is 1. The molecule has 0 spiro atoms. The minimum Gasteiger partial charge on any atom is -0.489 e. The Morgan fingerprint density at radius 3 is 2.53 bits per heavy atom. The minimum absolute atomic E-state index is 0.166. The lowest BCUT2D eigenvalue weighted by Gasteiger charge is -2.07. The molecule has 2 rings (SSSR count). The normalized spacial score (nSPS) is 10.2. The second kappa shape index (κ2) is 6.14. The van der Waals surface area contributed by atoms with Crippen LogP contribution in [0.3, 0.4) is 0 Å². The molecular formula is C16H17NO2. The molecule has 1 aromatic heterocycles. The Bertz CT molecular complexity index is 561. The monoisotopic (exact) mass is 255 g/mol. The van der Waals surface area contributed by atoms with E-state index in [0.717, 1.165) is 22.4 Å². The first kappa shape index (κ1) is 13.3. The number of aromatic nitrogens is 1. The fourth-order valence-corrected chi connectivity index (χ4v) is 1.85. The summed E-state index contributed by atoms with van der Waals surface area (Å²) in [5.41, 5.74) is 3.18. The van der Waals surface area contributed by atoms with Crippen LogP contribution in [0.1, 0.15) is 23.6 Å². The van der Waals surface area contributed by atoms with Gasteiger partial charge in [-0.2, -0.15) is 0 Å². The molecule has 3 nitrogen and oxygen atoms in total. The summed E-state index contributed by atoms with van der Waals surface area (Å²) in [6, 6.07) is 9.68. The fraction of sp³-hybridized carbons (Fsp3) is 0.250. The highest BCUT2D eigenvalue weighted by Gasteiger charge is 2.00. The summed E-state index contributed by atoms with van der Waals surface area (Å²) in [5, 5.41) is 0. The van der Waals surface area contributed by atoms with Crippen LogP contribution in [0.5, 0.6) is 5.75 Å². The van der Waals surface area contributed by atoms with Gasteiger partial charge in [0.1, 0.15) is 18.1 Å². The summed E-state index contributed by atoms with van der Waals surface area (Å²) in [5.74, 6) is 0.966. The lowest BCUT2D eigenvalue weighted by molar-refractivity contribution is -0.116. The number of carbonyl (C=O) groups excluding carboxylic acids is 1. The third-order valence-electron chi connectivity index (χ3n) is 2.71. The number of pyridine rings is 1. The van der Waals surface area contributed by atoms with Crippen molar-refractivity contribution in [3.8, 4) is 5.75 Å². The topological polar surface area (TPSA) is 39.2 Å². The summed E-state index contributed by atoms with van der Waals surface area (Å²) in [6.07, 6.45) is 4.10. The van der Waals surface area contributed by atoms with Crippen LogP contribution >= 0.6 is 0 Å². The molecule has 0 aliphatic heterocycles. The van der Waals surface area contributed by atoms with E-state index in [1.54, 1.807) is 13.1 Å². The molecule has 0 saturated heterocycles. The number of benzene rings is 1. The second-order valence-corrected chi connectivity index (χ2v) is 4.68. The van der Waals surface area contributed by atoms with Crippen LogP contribution in [0, 0.1) is 6.92 Å². The molecule has 0 aliphatic rings. The molecule has 0 saturated carbocycles. The number of nitrogens with zero attached hydrogens (tertiary/aromatic N) is 1. The summed E-state index contributed by atoms with van der Waals surface area (Å²) in [4.78, 5) is 15.1. The van der Waals surface area contributed by atoms with Gasteiger partial charge in [-0.15, -0.1) is 0 Å². The SMILES string of the molecule is CC(=O)Cc1ccc(OCc2cncc(C)c2)cc1. The fourth-order valence-electron chi connectivity index (χ4n) is 1.85. The maximum atomic E-state index is 11.0. The zero-order valence-corrected chi connectivity index (χ0v) is 11.2. The number of hydrogen-bond donors (Lipinski definition) is 0. The molecule has 1 heterocycles. The first-order valence-corrected chi connectivity index (χ1v) is 6.25. The number of aryl methyl sites for hydroxylation is 1. The average molecular weight is 255 g/mol. The highest BCUT2D eigenvalue weighted by atomic mass is 16.5. The second-order valence-electron chi connectivity index (χ2n) is 4.68. The van der Waals surface area contributed by atoms with E-state index >= 15 is 0 Å². The zero-order chi connectivity index (χ0) is 13.7. The number of ketones is 1. The molecule has 0 fully saturated rings. The van der Waals surface area contributed by atoms with Gasteiger partial charge in [0.2, 0.25) is 0 Å². The summed E-state index contributed by atoms with van der Waals surface area (Å²) in [7, 11) is 0. The minimum atomic E-state index is 0.166. The molecule has 0 atom stereocenters. The van der Waals surface area contributed by atoms with E-state index < -0.39 is 0 Å². The summed E-state index contributed by atoms with van der Waals surface area (Å²) >= 11 is 0. The Labute approximate surface area is 113 Å². The van der Waals surface area contributed by atoms with Crippen molar-refractivity contribution in [2.24, 2.45) is 0 Å². The van der Waals surface area contributed by atoms with E-state index in [4.69, 9.17) is 4.74 Å². The van der Waals surface area contributed by atoms with Gasteiger partial charge in [0.25, 0.3) is 0 Å². The molecular weight excluding hydrogens is 238 g/mol. The van der Waals surface area contributed by atoms with Crippen molar-refractivity contribution in [2.75, 3.05) is 0 Å². The van der Waals surface area contributed by atoms with Gasteiger partial charge < -0.3 is 4.74 Å². The van der Waals surface area contributed by atoms with Gasteiger partial charge in [-0.3, -0.25) is 9.78 Å².